The van der Waals surface area contributed by atoms with Crippen LogP contribution in [0.3, 0.4) is 0 Å². The van der Waals surface area contributed by atoms with Gasteiger partial charge >= 0.3 is 5.69 Å². The monoisotopic (exact) mass is 295 g/mol. The Balaban J connectivity index is 2.14. The second-order valence-corrected chi connectivity index (χ2v) is 6.32. The van der Waals surface area contributed by atoms with E-state index in [2.05, 4.69) is 29.3 Å². The Labute approximate surface area is 125 Å². The van der Waals surface area contributed by atoms with Crippen LogP contribution in [0.15, 0.2) is 0 Å². The predicted molar refractivity (Wildman–Crippen MR) is 82.6 cm³/mol. The third-order valence-corrected chi connectivity index (χ3v) is 4.45. The van der Waals surface area contributed by atoms with Crippen LogP contribution in [-0.4, -0.2) is 46.3 Å². The fourth-order valence-corrected chi connectivity index (χ4v) is 2.83. The lowest BCUT2D eigenvalue weighted by Gasteiger charge is -2.38. The third-order valence-electron chi connectivity index (χ3n) is 4.45. The van der Waals surface area contributed by atoms with Crippen molar-refractivity contribution in [3.8, 4) is 0 Å². The van der Waals surface area contributed by atoms with E-state index in [0.717, 1.165) is 32.5 Å². The first kappa shape index (κ1) is 15.8. The summed E-state index contributed by atoms with van der Waals surface area (Å²) in [6.45, 7) is 9.39. The Morgan fingerprint density at radius 2 is 2.05 bits per heavy atom. The zero-order valence-corrected chi connectivity index (χ0v) is 13.3. The first-order chi connectivity index (χ1) is 9.86. The molecule has 118 valence electrons. The van der Waals surface area contributed by atoms with Gasteiger partial charge in [-0.25, -0.2) is 4.68 Å². The molecule has 1 saturated heterocycles. The highest BCUT2D eigenvalue weighted by Crippen LogP contribution is 2.33. The maximum Gasteiger partial charge on any atom is 0.333 e. The minimum atomic E-state index is -0.339. The van der Waals surface area contributed by atoms with E-state index in [1.165, 1.54) is 0 Å². The molecule has 0 radical (unpaired) electrons. The quantitative estimate of drug-likeness (QED) is 0.666. The Morgan fingerprint density at radius 3 is 2.57 bits per heavy atom. The first-order valence-electron chi connectivity index (χ1n) is 7.50. The first-order valence-corrected chi connectivity index (χ1v) is 7.50. The number of anilines is 1. The number of hydrogen-bond acceptors (Lipinski definition) is 5. The molecular weight excluding hydrogens is 270 g/mol. The molecule has 1 aromatic rings. The minimum absolute atomic E-state index is 0.105. The molecule has 21 heavy (non-hydrogen) atoms. The Bertz CT molecular complexity index is 518. The topological polar surface area (TPSA) is 76.2 Å². The molecule has 7 nitrogen and oxygen atoms in total. The second-order valence-electron chi connectivity index (χ2n) is 6.32. The van der Waals surface area contributed by atoms with Crippen LogP contribution in [0.2, 0.25) is 0 Å². The van der Waals surface area contributed by atoms with Crippen LogP contribution >= 0.6 is 0 Å². The summed E-state index contributed by atoms with van der Waals surface area (Å²) in [5.74, 6) is 0.542. The highest BCUT2D eigenvalue weighted by molar-refractivity contribution is 5.59. The zero-order valence-electron chi connectivity index (χ0n) is 13.3. The van der Waals surface area contributed by atoms with Crippen LogP contribution in [0.5, 0.6) is 0 Å². The van der Waals surface area contributed by atoms with Crippen molar-refractivity contribution < 1.29 is 4.92 Å². The summed E-state index contributed by atoms with van der Waals surface area (Å²) in [6.07, 6.45) is 2.20. The van der Waals surface area contributed by atoms with Gasteiger partial charge in [0.1, 0.15) is 5.69 Å². The summed E-state index contributed by atoms with van der Waals surface area (Å²) < 4.78 is 1.69. The van der Waals surface area contributed by atoms with E-state index < -0.39 is 0 Å². The molecule has 0 aliphatic carbocycles. The number of nitrogens with one attached hydrogen (secondary N) is 1. The van der Waals surface area contributed by atoms with Crippen molar-refractivity contribution in [2.75, 3.05) is 32.0 Å². The number of likely N-dealkylation sites (tertiary alicyclic amines) is 1. The lowest BCUT2D eigenvalue weighted by molar-refractivity contribution is -0.384. The van der Waals surface area contributed by atoms with Gasteiger partial charge in [0, 0.05) is 13.1 Å². The van der Waals surface area contributed by atoms with Gasteiger partial charge in [0.25, 0.3) is 0 Å². The van der Waals surface area contributed by atoms with Crippen molar-refractivity contribution in [2.24, 2.45) is 5.41 Å². The largest absolute Gasteiger partial charge is 0.364 e. The Morgan fingerprint density at radius 1 is 1.43 bits per heavy atom. The van der Waals surface area contributed by atoms with Crippen LogP contribution in [0.25, 0.3) is 0 Å². The fraction of sp³-hybridized carbons (Fsp3) is 0.786. The second kappa shape index (κ2) is 6.01. The molecule has 1 aliphatic heterocycles. The van der Waals surface area contributed by atoms with Gasteiger partial charge in [-0.15, -0.1) is 0 Å². The molecule has 2 heterocycles. The van der Waals surface area contributed by atoms with Gasteiger partial charge in [-0.1, -0.05) is 6.92 Å². The Kier molecular flexibility index (Phi) is 4.51. The van der Waals surface area contributed by atoms with Crippen molar-refractivity contribution in [3.05, 3.63) is 15.8 Å². The third kappa shape index (κ3) is 3.34. The van der Waals surface area contributed by atoms with E-state index in [0.29, 0.717) is 18.1 Å². The van der Waals surface area contributed by atoms with Gasteiger partial charge in [0.15, 0.2) is 0 Å². The van der Waals surface area contributed by atoms with Crippen LogP contribution in [0, 0.1) is 22.5 Å². The smallest absolute Gasteiger partial charge is 0.333 e. The number of aromatic nitrogens is 2. The SMILES string of the molecule is CCn1nc(C)c([N+](=O)[O-])c1NCC1(C)CCN(C)CC1. The van der Waals surface area contributed by atoms with Crippen molar-refractivity contribution in [1.82, 2.24) is 14.7 Å². The van der Waals surface area contributed by atoms with Crippen molar-refractivity contribution in [3.63, 3.8) is 0 Å². The zero-order chi connectivity index (χ0) is 15.6. The van der Waals surface area contributed by atoms with E-state index in [-0.39, 0.29) is 16.0 Å². The van der Waals surface area contributed by atoms with Gasteiger partial charge in [0.2, 0.25) is 5.82 Å². The molecule has 0 saturated carbocycles. The molecular formula is C14H25N5O2. The number of aryl methyl sites for hydroxylation is 2. The molecule has 0 spiro atoms. The molecule has 1 N–H and O–H groups in total. The Hall–Kier alpha value is -1.63. The molecule has 0 bridgehead atoms. The average molecular weight is 295 g/mol. The summed E-state index contributed by atoms with van der Waals surface area (Å²) in [5.41, 5.74) is 0.753. The molecule has 2 rings (SSSR count). The standard InChI is InChI=1S/C14H25N5O2/c1-5-18-13(12(19(20)21)11(2)16-18)15-10-14(3)6-8-17(4)9-7-14/h15H,5-10H2,1-4H3. The van der Waals surface area contributed by atoms with Gasteiger partial charge in [-0.3, -0.25) is 10.1 Å². The number of nitrogens with zero attached hydrogens (tertiary/aromatic N) is 4. The summed E-state index contributed by atoms with van der Waals surface area (Å²) in [7, 11) is 2.13. The molecule has 0 atom stereocenters. The fourth-order valence-electron chi connectivity index (χ4n) is 2.83. The van der Waals surface area contributed by atoms with Crippen molar-refractivity contribution >= 4 is 11.5 Å². The highest BCUT2D eigenvalue weighted by atomic mass is 16.6. The van der Waals surface area contributed by atoms with Crippen molar-refractivity contribution in [1.29, 1.82) is 0 Å². The van der Waals surface area contributed by atoms with Crippen LogP contribution in [-0.2, 0) is 6.54 Å². The molecule has 7 heteroatoms. The number of rotatable bonds is 5. The summed E-state index contributed by atoms with van der Waals surface area (Å²) >= 11 is 0. The maximum atomic E-state index is 11.3. The highest BCUT2D eigenvalue weighted by Gasteiger charge is 2.31. The normalized spacial score (nSPS) is 18.7. The molecule has 1 fully saturated rings. The van der Waals surface area contributed by atoms with E-state index >= 15 is 0 Å². The summed E-state index contributed by atoms with van der Waals surface area (Å²) in [4.78, 5) is 13.2. The lowest BCUT2D eigenvalue weighted by Crippen LogP contribution is -2.40. The average Bonchev–Trinajstić information content (AvgIpc) is 2.76. The molecule has 0 aromatic carbocycles. The van der Waals surface area contributed by atoms with Gasteiger partial charge in [-0.2, -0.15) is 5.10 Å². The molecule has 1 aromatic heterocycles. The number of piperidine rings is 1. The van der Waals surface area contributed by atoms with Gasteiger partial charge in [0.05, 0.1) is 4.92 Å². The summed E-state index contributed by atoms with van der Waals surface area (Å²) in [5, 5.41) is 18.8. The van der Waals surface area contributed by atoms with Crippen LogP contribution in [0.1, 0.15) is 32.4 Å². The van der Waals surface area contributed by atoms with Crippen LogP contribution in [0.4, 0.5) is 11.5 Å². The number of nitro groups is 1. The molecule has 1 aliphatic rings. The van der Waals surface area contributed by atoms with Gasteiger partial charge < -0.3 is 10.2 Å². The number of hydrogen-bond donors (Lipinski definition) is 1. The van der Waals surface area contributed by atoms with E-state index in [9.17, 15) is 10.1 Å². The summed E-state index contributed by atoms with van der Waals surface area (Å²) in [6, 6.07) is 0. The van der Waals surface area contributed by atoms with E-state index in [4.69, 9.17) is 0 Å². The lowest BCUT2D eigenvalue weighted by atomic mass is 9.80. The van der Waals surface area contributed by atoms with Gasteiger partial charge in [-0.05, 0) is 52.2 Å². The van der Waals surface area contributed by atoms with E-state index in [1.54, 1.807) is 11.6 Å². The predicted octanol–water partition coefficient (Wildman–Crippen LogP) is 2.26. The maximum absolute atomic E-state index is 11.3. The van der Waals surface area contributed by atoms with Crippen LogP contribution < -0.4 is 5.32 Å². The molecule has 0 unspecified atom stereocenters. The van der Waals surface area contributed by atoms with E-state index in [1.807, 2.05) is 6.92 Å². The molecule has 0 amide bonds. The minimum Gasteiger partial charge on any atom is -0.364 e. The van der Waals surface area contributed by atoms with Crippen molar-refractivity contribution in [2.45, 2.75) is 40.2 Å².